The molecule has 3 aromatic rings. The molecule has 1 aliphatic rings. The number of aromatic nitrogens is 2. The van der Waals surface area contributed by atoms with Crippen LogP contribution >= 0.6 is 24.0 Å². The van der Waals surface area contributed by atoms with E-state index in [9.17, 15) is 14.7 Å². The number of hydrogen-bond acceptors (Lipinski definition) is 7. The molecule has 2 N–H and O–H groups in total. The second kappa shape index (κ2) is 9.23. The lowest BCUT2D eigenvalue weighted by atomic mass is 10.1. The van der Waals surface area contributed by atoms with E-state index in [2.05, 4.69) is 10.3 Å². The molecular weight excluding hydrogens is 444 g/mol. The van der Waals surface area contributed by atoms with E-state index >= 15 is 0 Å². The molecule has 0 aliphatic carbocycles. The third-order valence-electron chi connectivity index (χ3n) is 5.26. The van der Waals surface area contributed by atoms with Gasteiger partial charge in [-0.1, -0.05) is 60.4 Å². The second-order valence-corrected chi connectivity index (χ2v) is 9.03. The predicted octanol–water partition coefficient (Wildman–Crippen LogP) is 3.37. The summed E-state index contributed by atoms with van der Waals surface area (Å²) in [4.78, 5) is 33.1. The van der Waals surface area contributed by atoms with Crippen LogP contribution in [0.25, 0.3) is 11.7 Å². The molecule has 1 aromatic carbocycles. The van der Waals surface area contributed by atoms with Crippen LogP contribution in [-0.4, -0.2) is 42.8 Å². The number of thioether (sulfide) groups is 1. The fraction of sp³-hybridized carbons (Fsp3) is 0.217. The number of fused-ring (bicyclic) bond motifs is 1. The second-order valence-electron chi connectivity index (χ2n) is 7.35. The number of thiocarbonyl (C=S) groups is 1. The zero-order valence-corrected chi connectivity index (χ0v) is 19.2. The van der Waals surface area contributed by atoms with Crippen molar-refractivity contribution in [2.24, 2.45) is 0 Å². The van der Waals surface area contributed by atoms with E-state index in [1.165, 1.54) is 16.2 Å². The van der Waals surface area contributed by atoms with Gasteiger partial charge < -0.3 is 10.4 Å². The van der Waals surface area contributed by atoms with E-state index < -0.39 is 0 Å². The lowest BCUT2D eigenvalue weighted by Crippen LogP contribution is -2.31. The molecule has 164 valence electrons. The van der Waals surface area contributed by atoms with Gasteiger partial charge in [0.1, 0.15) is 15.8 Å². The Morgan fingerprint density at radius 3 is 2.69 bits per heavy atom. The number of carbonyl (C=O) groups excluding carboxylic acids is 1. The highest BCUT2D eigenvalue weighted by atomic mass is 32.2. The molecule has 2 aromatic heterocycles. The number of aryl methyl sites for hydroxylation is 1. The number of pyridine rings is 1. The minimum Gasteiger partial charge on any atom is -0.395 e. The maximum Gasteiger partial charge on any atom is 0.267 e. The first-order valence-corrected chi connectivity index (χ1v) is 11.3. The Morgan fingerprint density at radius 2 is 1.97 bits per heavy atom. The largest absolute Gasteiger partial charge is 0.395 e. The van der Waals surface area contributed by atoms with Crippen molar-refractivity contribution in [2.45, 2.75) is 19.9 Å². The van der Waals surface area contributed by atoms with E-state index in [4.69, 9.17) is 12.2 Å². The zero-order chi connectivity index (χ0) is 22.8. The number of benzene rings is 1. The molecular formula is C23H22N4O3S2. The summed E-state index contributed by atoms with van der Waals surface area (Å²) in [5.41, 5.74) is 2.26. The number of nitrogens with zero attached hydrogens (tertiary/aromatic N) is 3. The molecule has 32 heavy (non-hydrogen) atoms. The lowest BCUT2D eigenvalue weighted by Gasteiger charge is -2.23. The van der Waals surface area contributed by atoms with Gasteiger partial charge in [-0.3, -0.25) is 18.9 Å². The average molecular weight is 467 g/mol. The van der Waals surface area contributed by atoms with E-state index in [1.807, 2.05) is 50.2 Å². The van der Waals surface area contributed by atoms with Crippen molar-refractivity contribution in [3.63, 3.8) is 0 Å². The van der Waals surface area contributed by atoms with Crippen LogP contribution in [0.15, 0.2) is 58.4 Å². The fourth-order valence-electron chi connectivity index (χ4n) is 3.58. The molecule has 1 amide bonds. The van der Waals surface area contributed by atoms with Gasteiger partial charge in [0.15, 0.2) is 0 Å². The Balaban J connectivity index is 1.78. The Morgan fingerprint density at radius 1 is 1.22 bits per heavy atom. The van der Waals surface area contributed by atoms with Gasteiger partial charge in [0.2, 0.25) is 0 Å². The monoisotopic (exact) mass is 466 g/mol. The molecule has 1 saturated heterocycles. The van der Waals surface area contributed by atoms with Crippen LogP contribution in [-0.2, 0) is 4.79 Å². The van der Waals surface area contributed by atoms with Crippen LogP contribution < -0.4 is 10.9 Å². The smallest absolute Gasteiger partial charge is 0.267 e. The van der Waals surface area contributed by atoms with Crippen molar-refractivity contribution in [2.75, 3.05) is 18.5 Å². The quantitative estimate of drug-likeness (QED) is 0.425. The van der Waals surface area contributed by atoms with Crippen molar-refractivity contribution >= 4 is 51.7 Å². The Kier molecular flexibility index (Phi) is 6.40. The minimum atomic E-state index is -0.305. The summed E-state index contributed by atoms with van der Waals surface area (Å²) in [6, 6.07) is 13.1. The summed E-state index contributed by atoms with van der Waals surface area (Å²) < 4.78 is 1.89. The molecule has 0 radical (unpaired) electrons. The molecule has 3 heterocycles. The first-order chi connectivity index (χ1) is 15.4. The SMILES string of the molecule is Cc1cccn2c(=O)c(/C=C3/SC(=S)N(C(C)c4ccccc4)C3=O)c(NCCO)nc12. The highest BCUT2D eigenvalue weighted by Crippen LogP contribution is 2.38. The predicted molar refractivity (Wildman–Crippen MR) is 132 cm³/mol. The van der Waals surface area contributed by atoms with Gasteiger partial charge >= 0.3 is 0 Å². The number of rotatable bonds is 6. The number of anilines is 1. The minimum absolute atomic E-state index is 0.120. The summed E-state index contributed by atoms with van der Waals surface area (Å²) in [7, 11) is 0. The van der Waals surface area contributed by atoms with Gasteiger partial charge in [0, 0.05) is 12.7 Å². The summed E-state index contributed by atoms with van der Waals surface area (Å²) in [5, 5.41) is 12.2. The number of aliphatic hydroxyl groups excluding tert-OH is 1. The molecule has 7 nitrogen and oxygen atoms in total. The van der Waals surface area contributed by atoms with E-state index in [1.54, 1.807) is 23.2 Å². The molecule has 1 fully saturated rings. The summed E-state index contributed by atoms with van der Waals surface area (Å²) >= 11 is 6.66. The van der Waals surface area contributed by atoms with Gasteiger partial charge in [-0.25, -0.2) is 4.98 Å². The average Bonchev–Trinajstić information content (AvgIpc) is 3.08. The van der Waals surface area contributed by atoms with E-state index in [0.717, 1.165) is 11.1 Å². The van der Waals surface area contributed by atoms with Crippen LogP contribution in [0.4, 0.5) is 5.82 Å². The number of carbonyl (C=O) groups is 1. The molecule has 1 aliphatic heterocycles. The van der Waals surface area contributed by atoms with Gasteiger partial charge in [0.05, 0.1) is 23.1 Å². The highest BCUT2D eigenvalue weighted by molar-refractivity contribution is 8.26. The first kappa shape index (κ1) is 22.2. The van der Waals surface area contributed by atoms with Crippen LogP contribution in [0.1, 0.15) is 29.7 Å². The molecule has 0 saturated carbocycles. The van der Waals surface area contributed by atoms with Gasteiger partial charge in [-0.15, -0.1) is 0 Å². The van der Waals surface area contributed by atoms with E-state index in [0.29, 0.717) is 20.7 Å². The van der Waals surface area contributed by atoms with Gasteiger partial charge in [0.25, 0.3) is 11.5 Å². The first-order valence-electron chi connectivity index (χ1n) is 10.1. The molecule has 1 unspecified atom stereocenters. The molecule has 4 rings (SSSR count). The van der Waals surface area contributed by atoms with Crippen molar-refractivity contribution in [3.8, 4) is 0 Å². The zero-order valence-electron chi connectivity index (χ0n) is 17.6. The third kappa shape index (κ3) is 4.06. The Bertz CT molecular complexity index is 1290. The highest BCUT2D eigenvalue weighted by Gasteiger charge is 2.36. The topological polar surface area (TPSA) is 86.9 Å². The fourth-order valence-corrected chi connectivity index (χ4v) is 4.98. The Hall–Kier alpha value is -3.01. The van der Waals surface area contributed by atoms with Gasteiger partial charge in [-0.05, 0) is 37.1 Å². The lowest BCUT2D eigenvalue weighted by molar-refractivity contribution is -0.123. The maximum absolute atomic E-state index is 13.3. The van der Waals surface area contributed by atoms with Crippen LogP contribution in [0.2, 0.25) is 0 Å². The van der Waals surface area contributed by atoms with Crippen LogP contribution in [0, 0.1) is 6.92 Å². The molecule has 0 spiro atoms. The van der Waals surface area contributed by atoms with Crippen LogP contribution in [0.5, 0.6) is 0 Å². The van der Waals surface area contributed by atoms with Gasteiger partial charge in [-0.2, -0.15) is 0 Å². The normalized spacial score (nSPS) is 16.2. The summed E-state index contributed by atoms with van der Waals surface area (Å²) in [5.74, 6) is 0.0675. The van der Waals surface area contributed by atoms with Crippen molar-refractivity contribution in [3.05, 3.63) is 80.6 Å². The Labute approximate surface area is 194 Å². The number of nitrogens with one attached hydrogen (secondary N) is 1. The molecule has 0 bridgehead atoms. The number of aliphatic hydroxyl groups is 1. The van der Waals surface area contributed by atoms with Crippen LogP contribution in [0.3, 0.4) is 0 Å². The van der Waals surface area contributed by atoms with Crippen molar-refractivity contribution in [1.82, 2.24) is 14.3 Å². The number of amides is 1. The standard InChI is InChI=1S/C23H22N4O3S2/c1-14-7-6-11-26-20(14)25-19(24-10-12-28)17(21(26)29)13-18-22(30)27(23(31)32-18)15(2)16-8-4-3-5-9-16/h3-9,11,13,15,24,28H,10,12H2,1-2H3/b18-13+. The maximum atomic E-state index is 13.3. The molecule has 1 atom stereocenters. The number of hydrogen-bond donors (Lipinski definition) is 2. The summed E-state index contributed by atoms with van der Waals surface area (Å²) in [6.07, 6.45) is 3.19. The molecule has 9 heteroatoms. The third-order valence-corrected chi connectivity index (χ3v) is 6.59. The summed E-state index contributed by atoms with van der Waals surface area (Å²) in [6.45, 7) is 3.90. The van der Waals surface area contributed by atoms with Crippen molar-refractivity contribution in [1.29, 1.82) is 0 Å². The van der Waals surface area contributed by atoms with E-state index in [-0.39, 0.29) is 36.2 Å². The van der Waals surface area contributed by atoms with Crippen molar-refractivity contribution < 1.29 is 9.90 Å².